The minimum absolute atomic E-state index is 0.0700. The highest BCUT2D eigenvalue weighted by molar-refractivity contribution is 6.32. The fourth-order valence-electron chi connectivity index (χ4n) is 1.82. The third kappa shape index (κ3) is 6.49. The van der Waals surface area contributed by atoms with Crippen molar-refractivity contribution in [3.05, 3.63) is 28.3 Å². The van der Waals surface area contributed by atoms with Gasteiger partial charge < -0.3 is 15.2 Å². The van der Waals surface area contributed by atoms with Crippen molar-refractivity contribution in [2.45, 2.75) is 33.1 Å². The molecule has 6 heteroatoms. The lowest BCUT2D eigenvalue weighted by atomic mass is 10.1. The molecule has 0 fully saturated rings. The normalized spacial score (nSPS) is 10.2. The predicted molar refractivity (Wildman–Crippen MR) is 80.9 cm³/mol. The summed E-state index contributed by atoms with van der Waals surface area (Å²) in [5.74, 6) is -0.441. The second kappa shape index (κ2) is 8.52. The summed E-state index contributed by atoms with van der Waals surface area (Å²) in [5.41, 5.74) is 1.81. The van der Waals surface area contributed by atoms with Crippen molar-refractivity contribution in [3.63, 3.8) is 0 Å². The molecular weight excluding hydrogens is 294 g/mol. The summed E-state index contributed by atoms with van der Waals surface area (Å²) in [6, 6.07) is 3.57. The van der Waals surface area contributed by atoms with E-state index in [2.05, 4.69) is 5.32 Å². The van der Waals surface area contributed by atoms with Gasteiger partial charge in [-0.05, 0) is 49.9 Å². The van der Waals surface area contributed by atoms with Gasteiger partial charge in [0, 0.05) is 18.0 Å². The van der Waals surface area contributed by atoms with E-state index in [1.807, 2.05) is 13.8 Å². The number of aryl methyl sites for hydroxylation is 2. The number of halogens is 1. The van der Waals surface area contributed by atoms with Gasteiger partial charge in [0.05, 0.1) is 0 Å². The average Bonchev–Trinajstić information content (AvgIpc) is 2.41. The standard InChI is InChI=1S/C15H20ClNO4/c1-10-7-12(8-11(2)15(10)16)21-9-13(18)17-6-4-3-5-14(19)20/h7-8H,3-6,9H2,1-2H3,(H,17,18)(H,19,20). The number of carboxylic acids is 1. The number of aliphatic carboxylic acids is 1. The van der Waals surface area contributed by atoms with Crippen molar-refractivity contribution in [1.82, 2.24) is 5.32 Å². The summed E-state index contributed by atoms with van der Waals surface area (Å²) in [4.78, 5) is 21.9. The highest BCUT2D eigenvalue weighted by atomic mass is 35.5. The SMILES string of the molecule is Cc1cc(OCC(=O)NCCCCC(=O)O)cc(C)c1Cl. The van der Waals surface area contributed by atoms with Gasteiger partial charge in [-0.1, -0.05) is 11.6 Å². The number of ether oxygens (including phenoxy) is 1. The maximum Gasteiger partial charge on any atom is 0.303 e. The molecule has 0 aliphatic rings. The molecule has 1 aromatic carbocycles. The molecule has 0 aliphatic heterocycles. The highest BCUT2D eigenvalue weighted by Crippen LogP contribution is 2.25. The van der Waals surface area contributed by atoms with Crippen LogP contribution in [-0.4, -0.2) is 30.1 Å². The van der Waals surface area contributed by atoms with E-state index >= 15 is 0 Å². The molecule has 5 nitrogen and oxygen atoms in total. The number of hydrogen-bond acceptors (Lipinski definition) is 3. The molecule has 0 aliphatic carbocycles. The van der Waals surface area contributed by atoms with E-state index in [4.69, 9.17) is 21.4 Å². The fourth-order valence-corrected chi connectivity index (χ4v) is 1.93. The highest BCUT2D eigenvalue weighted by Gasteiger charge is 2.06. The predicted octanol–water partition coefficient (Wildman–Crippen LogP) is 2.71. The Morgan fingerprint density at radius 3 is 2.43 bits per heavy atom. The third-order valence-corrected chi connectivity index (χ3v) is 3.52. The topological polar surface area (TPSA) is 75.6 Å². The molecule has 2 N–H and O–H groups in total. The summed E-state index contributed by atoms with van der Waals surface area (Å²) < 4.78 is 5.41. The lowest BCUT2D eigenvalue weighted by molar-refractivity contribution is -0.137. The Bertz CT molecular complexity index is 493. The molecular formula is C15H20ClNO4. The summed E-state index contributed by atoms with van der Waals surface area (Å²) in [5, 5.41) is 11.9. The number of amides is 1. The van der Waals surface area contributed by atoms with Crippen molar-refractivity contribution in [2.75, 3.05) is 13.2 Å². The number of hydrogen-bond donors (Lipinski definition) is 2. The van der Waals surface area contributed by atoms with Crippen molar-refractivity contribution in [2.24, 2.45) is 0 Å². The quantitative estimate of drug-likeness (QED) is 0.724. The van der Waals surface area contributed by atoms with Crippen LogP contribution in [0.2, 0.25) is 5.02 Å². The molecule has 0 bridgehead atoms. The van der Waals surface area contributed by atoms with Crippen molar-refractivity contribution < 1.29 is 19.4 Å². The van der Waals surface area contributed by atoms with E-state index in [9.17, 15) is 9.59 Å². The fraction of sp³-hybridized carbons (Fsp3) is 0.467. The summed E-state index contributed by atoms with van der Waals surface area (Å²) >= 11 is 6.06. The molecule has 0 spiro atoms. The smallest absolute Gasteiger partial charge is 0.303 e. The first-order chi connectivity index (χ1) is 9.90. The molecule has 0 saturated carbocycles. The maximum atomic E-state index is 11.6. The molecule has 116 valence electrons. The minimum Gasteiger partial charge on any atom is -0.484 e. The number of carbonyl (C=O) groups excluding carboxylic acids is 1. The Balaban J connectivity index is 2.28. The van der Waals surface area contributed by atoms with Gasteiger partial charge >= 0.3 is 5.97 Å². The van der Waals surface area contributed by atoms with Gasteiger partial charge in [0.2, 0.25) is 0 Å². The van der Waals surface area contributed by atoms with Crippen LogP contribution in [0.4, 0.5) is 0 Å². The zero-order valence-electron chi connectivity index (χ0n) is 12.2. The van der Waals surface area contributed by atoms with Crippen LogP contribution in [0.1, 0.15) is 30.4 Å². The van der Waals surface area contributed by atoms with E-state index in [1.165, 1.54) is 0 Å². The molecule has 0 unspecified atom stereocenters. The second-order valence-corrected chi connectivity index (χ2v) is 5.24. The van der Waals surface area contributed by atoms with Gasteiger partial charge in [0.1, 0.15) is 5.75 Å². The van der Waals surface area contributed by atoms with Crippen LogP contribution in [0.5, 0.6) is 5.75 Å². The zero-order chi connectivity index (χ0) is 15.8. The van der Waals surface area contributed by atoms with Gasteiger partial charge in [-0.3, -0.25) is 9.59 Å². The van der Waals surface area contributed by atoms with Crippen molar-refractivity contribution >= 4 is 23.5 Å². The molecule has 0 aromatic heterocycles. The molecule has 0 heterocycles. The van der Waals surface area contributed by atoms with Crippen LogP contribution in [0.25, 0.3) is 0 Å². The van der Waals surface area contributed by atoms with E-state index in [0.717, 1.165) is 11.1 Å². The zero-order valence-corrected chi connectivity index (χ0v) is 13.0. The van der Waals surface area contributed by atoms with Crippen LogP contribution < -0.4 is 10.1 Å². The van der Waals surface area contributed by atoms with Gasteiger partial charge in [0.15, 0.2) is 6.61 Å². The number of benzene rings is 1. The van der Waals surface area contributed by atoms with Crippen LogP contribution in [0, 0.1) is 13.8 Å². The number of rotatable bonds is 8. The average molecular weight is 314 g/mol. The van der Waals surface area contributed by atoms with Crippen molar-refractivity contribution in [1.29, 1.82) is 0 Å². The first-order valence-electron chi connectivity index (χ1n) is 6.78. The molecule has 0 radical (unpaired) electrons. The van der Waals surface area contributed by atoms with Crippen LogP contribution in [0.3, 0.4) is 0 Å². The Morgan fingerprint density at radius 1 is 1.24 bits per heavy atom. The molecule has 21 heavy (non-hydrogen) atoms. The van der Waals surface area contributed by atoms with E-state index < -0.39 is 5.97 Å². The van der Waals surface area contributed by atoms with Gasteiger partial charge in [0.25, 0.3) is 5.91 Å². The Morgan fingerprint density at radius 2 is 1.86 bits per heavy atom. The first-order valence-corrected chi connectivity index (χ1v) is 7.16. The molecule has 1 amide bonds. The number of unbranched alkanes of at least 4 members (excludes halogenated alkanes) is 1. The van der Waals surface area contributed by atoms with Crippen LogP contribution in [0.15, 0.2) is 12.1 Å². The maximum absolute atomic E-state index is 11.6. The Labute approximate surface area is 129 Å². The van der Waals surface area contributed by atoms with Crippen LogP contribution in [-0.2, 0) is 9.59 Å². The van der Waals surface area contributed by atoms with Gasteiger partial charge in [-0.25, -0.2) is 0 Å². The summed E-state index contributed by atoms with van der Waals surface area (Å²) in [7, 11) is 0. The van der Waals surface area contributed by atoms with Gasteiger partial charge in [-0.2, -0.15) is 0 Å². The largest absolute Gasteiger partial charge is 0.484 e. The molecule has 1 aromatic rings. The molecule has 0 saturated heterocycles. The first kappa shape index (κ1) is 17.3. The third-order valence-electron chi connectivity index (χ3n) is 2.92. The Hall–Kier alpha value is -1.75. The monoisotopic (exact) mass is 313 g/mol. The van der Waals surface area contributed by atoms with Gasteiger partial charge in [-0.15, -0.1) is 0 Å². The molecule has 0 atom stereocenters. The lowest BCUT2D eigenvalue weighted by Gasteiger charge is -2.10. The van der Waals surface area contributed by atoms with E-state index in [-0.39, 0.29) is 18.9 Å². The number of carbonyl (C=O) groups is 2. The second-order valence-electron chi connectivity index (χ2n) is 4.86. The lowest BCUT2D eigenvalue weighted by Crippen LogP contribution is -2.29. The Kier molecular flexibility index (Phi) is 7.02. The van der Waals surface area contributed by atoms with Crippen molar-refractivity contribution in [3.8, 4) is 5.75 Å². The number of carboxylic acid groups (broad SMARTS) is 1. The molecule has 1 rings (SSSR count). The number of nitrogens with one attached hydrogen (secondary N) is 1. The van der Waals surface area contributed by atoms with E-state index in [1.54, 1.807) is 12.1 Å². The van der Waals surface area contributed by atoms with Crippen LogP contribution >= 0.6 is 11.6 Å². The summed E-state index contributed by atoms with van der Waals surface area (Å²) in [6.07, 6.45) is 1.30. The summed E-state index contributed by atoms with van der Waals surface area (Å²) in [6.45, 7) is 4.14. The minimum atomic E-state index is -0.821. The van der Waals surface area contributed by atoms with E-state index in [0.29, 0.717) is 30.2 Å².